The first kappa shape index (κ1) is 16.6. The van der Waals surface area contributed by atoms with Gasteiger partial charge in [-0.15, -0.1) is 0 Å². The lowest BCUT2D eigenvalue weighted by Crippen LogP contribution is -2.43. The maximum Gasteiger partial charge on any atom is 0.320 e. The SMILES string of the molecule is O=C(N1CCCC1)N1C[C@H]2COC[C@@]2(COCC2CCOCC2)C1. The van der Waals surface area contributed by atoms with Crippen LogP contribution in [0.15, 0.2) is 0 Å². The Morgan fingerprint density at radius 2 is 1.92 bits per heavy atom. The van der Waals surface area contributed by atoms with Gasteiger partial charge >= 0.3 is 6.03 Å². The molecule has 6 heteroatoms. The van der Waals surface area contributed by atoms with Gasteiger partial charge in [0.2, 0.25) is 0 Å². The quantitative estimate of drug-likeness (QED) is 0.781. The molecule has 4 heterocycles. The second kappa shape index (κ2) is 7.18. The Kier molecular flexibility index (Phi) is 4.97. The van der Waals surface area contributed by atoms with Crippen LogP contribution in [0.5, 0.6) is 0 Å². The summed E-state index contributed by atoms with van der Waals surface area (Å²) in [4.78, 5) is 16.8. The Balaban J connectivity index is 1.31. The molecule has 6 nitrogen and oxygen atoms in total. The number of amides is 2. The van der Waals surface area contributed by atoms with Crippen LogP contribution in [-0.2, 0) is 14.2 Å². The monoisotopic (exact) mass is 338 g/mol. The fourth-order valence-electron chi connectivity index (χ4n) is 4.63. The molecule has 4 aliphatic heterocycles. The molecule has 4 aliphatic rings. The molecule has 0 aromatic heterocycles. The zero-order chi connectivity index (χ0) is 16.4. The lowest BCUT2D eigenvalue weighted by molar-refractivity contribution is -0.0148. The second-order valence-electron chi connectivity index (χ2n) is 8.00. The molecule has 0 radical (unpaired) electrons. The van der Waals surface area contributed by atoms with Crippen molar-refractivity contribution in [2.24, 2.45) is 17.3 Å². The molecule has 2 atom stereocenters. The Bertz CT molecular complexity index is 448. The van der Waals surface area contributed by atoms with Gasteiger partial charge in [0.15, 0.2) is 0 Å². The smallest absolute Gasteiger partial charge is 0.320 e. The number of ether oxygens (including phenoxy) is 3. The molecule has 0 aromatic rings. The molecule has 0 saturated carbocycles. The highest BCUT2D eigenvalue weighted by atomic mass is 16.5. The zero-order valence-corrected chi connectivity index (χ0v) is 14.6. The van der Waals surface area contributed by atoms with E-state index in [4.69, 9.17) is 14.2 Å². The Morgan fingerprint density at radius 1 is 1.12 bits per heavy atom. The van der Waals surface area contributed by atoms with Crippen LogP contribution in [0, 0.1) is 17.3 Å². The van der Waals surface area contributed by atoms with Crippen LogP contribution in [0.3, 0.4) is 0 Å². The first-order valence-corrected chi connectivity index (χ1v) is 9.54. The molecule has 4 rings (SSSR count). The van der Waals surface area contributed by atoms with Crippen molar-refractivity contribution in [3.63, 3.8) is 0 Å². The highest BCUT2D eigenvalue weighted by Gasteiger charge is 2.52. The summed E-state index contributed by atoms with van der Waals surface area (Å²) in [7, 11) is 0. The number of fused-ring (bicyclic) bond motifs is 1. The van der Waals surface area contributed by atoms with Gasteiger partial charge in [0, 0.05) is 57.3 Å². The van der Waals surface area contributed by atoms with E-state index in [0.29, 0.717) is 11.8 Å². The van der Waals surface area contributed by atoms with Crippen molar-refractivity contribution < 1.29 is 19.0 Å². The number of hydrogen-bond donors (Lipinski definition) is 0. The lowest BCUT2D eigenvalue weighted by atomic mass is 9.82. The van der Waals surface area contributed by atoms with Gasteiger partial charge in [-0.3, -0.25) is 0 Å². The second-order valence-corrected chi connectivity index (χ2v) is 8.00. The number of carbonyl (C=O) groups is 1. The fourth-order valence-corrected chi connectivity index (χ4v) is 4.63. The standard InChI is InChI=1S/C18H30N2O4/c21-17(19-5-1-2-6-19)20-9-16-11-24-14-18(16,12-20)13-23-10-15-3-7-22-8-4-15/h15-16H,1-14H2/t16-,18-/m0/s1. The van der Waals surface area contributed by atoms with E-state index in [9.17, 15) is 4.79 Å². The molecule has 0 aliphatic carbocycles. The summed E-state index contributed by atoms with van der Waals surface area (Å²) in [5.41, 5.74) is 0.0144. The molecule has 0 N–H and O–H groups in total. The van der Waals surface area contributed by atoms with Crippen LogP contribution in [0.1, 0.15) is 25.7 Å². The summed E-state index contributed by atoms with van der Waals surface area (Å²) < 4.78 is 17.3. The molecule has 2 amide bonds. The molecule has 0 unspecified atom stereocenters. The van der Waals surface area contributed by atoms with Crippen molar-refractivity contribution in [1.82, 2.24) is 9.80 Å². The maximum atomic E-state index is 12.7. The molecule has 4 saturated heterocycles. The highest BCUT2D eigenvalue weighted by molar-refractivity contribution is 5.75. The van der Waals surface area contributed by atoms with Gasteiger partial charge in [-0.25, -0.2) is 4.79 Å². The van der Waals surface area contributed by atoms with E-state index in [1.54, 1.807) is 0 Å². The van der Waals surface area contributed by atoms with Crippen LogP contribution >= 0.6 is 0 Å². The largest absolute Gasteiger partial charge is 0.381 e. The highest BCUT2D eigenvalue weighted by Crippen LogP contribution is 2.42. The number of rotatable bonds is 4. The van der Waals surface area contributed by atoms with Gasteiger partial charge in [0.25, 0.3) is 0 Å². The minimum atomic E-state index is 0.0144. The van der Waals surface area contributed by atoms with Crippen LogP contribution in [-0.4, -0.2) is 81.7 Å². The van der Waals surface area contributed by atoms with Crippen molar-refractivity contribution in [2.75, 3.05) is 65.8 Å². The van der Waals surface area contributed by atoms with E-state index in [0.717, 1.165) is 91.5 Å². The molecule has 0 aromatic carbocycles. The van der Waals surface area contributed by atoms with Gasteiger partial charge in [0.1, 0.15) is 0 Å². The fraction of sp³-hybridized carbons (Fsp3) is 0.944. The first-order valence-electron chi connectivity index (χ1n) is 9.54. The topological polar surface area (TPSA) is 51.2 Å². The minimum absolute atomic E-state index is 0.0144. The Morgan fingerprint density at radius 3 is 2.71 bits per heavy atom. The van der Waals surface area contributed by atoms with Gasteiger partial charge < -0.3 is 24.0 Å². The molecular formula is C18H30N2O4. The van der Waals surface area contributed by atoms with E-state index >= 15 is 0 Å². The summed E-state index contributed by atoms with van der Waals surface area (Å²) in [5.74, 6) is 1.05. The van der Waals surface area contributed by atoms with Crippen LogP contribution in [0.25, 0.3) is 0 Å². The average Bonchev–Trinajstić information content (AvgIpc) is 3.31. The van der Waals surface area contributed by atoms with Gasteiger partial charge in [-0.2, -0.15) is 0 Å². The van der Waals surface area contributed by atoms with Crippen molar-refractivity contribution in [1.29, 1.82) is 0 Å². The number of likely N-dealkylation sites (tertiary alicyclic amines) is 2. The first-order chi connectivity index (χ1) is 11.8. The Labute approximate surface area is 144 Å². The van der Waals surface area contributed by atoms with E-state index in [2.05, 4.69) is 4.90 Å². The third-order valence-corrected chi connectivity index (χ3v) is 6.25. The summed E-state index contributed by atoms with van der Waals surface area (Å²) >= 11 is 0. The third kappa shape index (κ3) is 3.28. The van der Waals surface area contributed by atoms with Crippen molar-refractivity contribution in [2.45, 2.75) is 25.7 Å². The number of urea groups is 1. The summed E-state index contributed by atoms with van der Waals surface area (Å²) in [6.07, 6.45) is 4.50. The zero-order valence-electron chi connectivity index (χ0n) is 14.6. The number of carbonyl (C=O) groups excluding carboxylic acids is 1. The lowest BCUT2D eigenvalue weighted by Gasteiger charge is -2.30. The molecule has 0 spiro atoms. The summed E-state index contributed by atoms with van der Waals surface area (Å²) in [6, 6.07) is 0.228. The van der Waals surface area contributed by atoms with E-state index in [1.807, 2.05) is 4.90 Å². The molecular weight excluding hydrogens is 308 g/mol. The van der Waals surface area contributed by atoms with Crippen molar-refractivity contribution in [3.8, 4) is 0 Å². The van der Waals surface area contributed by atoms with Crippen LogP contribution in [0.2, 0.25) is 0 Å². The normalized spacial score (nSPS) is 34.1. The molecule has 136 valence electrons. The molecule has 4 fully saturated rings. The molecule has 24 heavy (non-hydrogen) atoms. The summed E-state index contributed by atoms with van der Waals surface area (Å²) in [5, 5.41) is 0. The Hall–Kier alpha value is -0.850. The minimum Gasteiger partial charge on any atom is -0.381 e. The van der Waals surface area contributed by atoms with Crippen LogP contribution < -0.4 is 0 Å². The summed E-state index contributed by atoms with van der Waals surface area (Å²) in [6.45, 7) is 8.23. The van der Waals surface area contributed by atoms with E-state index in [-0.39, 0.29) is 11.4 Å². The number of nitrogens with zero attached hydrogens (tertiary/aromatic N) is 2. The van der Waals surface area contributed by atoms with E-state index in [1.165, 1.54) is 0 Å². The van der Waals surface area contributed by atoms with Gasteiger partial charge in [0.05, 0.1) is 19.8 Å². The maximum absolute atomic E-state index is 12.7. The van der Waals surface area contributed by atoms with Gasteiger partial charge in [-0.1, -0.05) is 0 Å². The van der Waals surface area contributed by atoms with Crippen molar-refractivity contribution >= 4 is 6.03 Å². The van der Waals surface area contributed by atoms with Crippen LogP contribution in [0.4, 0.5) is 4.79 Å². The predicted octanol–water partition coefficient (Wildman–Crippen LogP) is 1.59. The van der Waals surface area contributed by atoms with Crippen molar-refractivity contribution in [3.05, 3.63) is 0 Å². The predicted molar refractivity (Wildman–Crippen MR) is 88.9 cm³/mol. The molecule has 0 bridgehead atoms. The third-order valence-electron chi connectivity index (χ3n) is 6.25. The van der Waals surface area contributed by atoms with E-state index < -0.39 is 0 Å². The van der Waals surface area contributed by atoms with Gasteiger partial charge in [-0.05, 0) is 31.6 Å². The number of hydrogen-bond acceptors (Lipinski definition) is 4. The average molecular weight is 338 g/mol.